The van der Waals surface area contributed by atoms with Gasteiger partial charge in [0.1, 0.15) is 0 Å². The van der Waals surface area contributed by atoms with Crippen molar-refractivity contribution < 1.29 is 0 Å². The highest BCUT2D eigenvalue weighted by Crippen LogP contribution is 2.28. The third-order valence-corrected chi connectivity index (χ3v) is 6.22. The number of benzene rings is 2. The molecule has 0 aliphatic carbocycles. The maximum absolute atomic E-state index is 12.5. The molecule has 0 amide bonds. The average molecular weight is 392 g/mol. The first kappa shape index (κ1) is 18.8. The van der Waals surface area contributed by atoms with Crippen LogP contribution in [0.1, 0.15) is 34.4 Å². The van der Waals surface area contributed by atoms with Gasteiger partial charge in [0.05, 0.1) is 12.2 Å². The Kier molecular flexibility index (Phi) is 5.53. The second-order valence-electron chi connectivity index (χ2n) is 7.37. The van der Waals surface area contributed by atoms with Crippen LogP contribution in [-0.2, 0) is 18.7 Å². The van der Waals surface area contributed by atoms with Crippen LogP contribution in [0, 0.1) is 13.8 Å². The maximum atomic E-state index is 12.5. The Bertz CT molecular complexity index is 1030. The van der Waals surface area contributed by atoms with Gasteiger partial charge in [-0.05, 0) is 43.9 Å². The van der Waals surface area contributed by atoms with E-state index in [1.54, 1.807) is 11.8 Å². The van der Waals surface area contributed by atoms with Crippen LogP contribution >= 0.6 is 11.8 Å². The number of rotatable bonds is 5. The van der Waals surface area contributed by atoms with Crippen LogP contribution < -0.4 is 10.5 Å². The van der Waals surface area contributed by atoms with Crippen LogP contribution in [0.2, 0.25) is 0 Å². The normalized spacial score (nSPS) is 13.4. The summed E-state index contributed by atoms with van der Waals surface area (Å²) < 4.78 is 0. The molecule has 2 heterocycles. The number of anilines is 1. The number of para-hydroxylation sites is 1. The highest BCUT2D eigenvalue weighted by atomic mass is 32.2. The van der Waals surface area contributed by atoms with Crippen LogP contribution in [-0.4, -0.2) is 16.5 Å². The van der Waals surface area contributed by atoms with Crippen LogP contribution in [0.25, 0.3) is 0 Å². The number of fused-ring (bicyclic) bond motifs is 1. The van der Waals surface area contributed by atoms with E-state index < -0.39 is 0 Å². The zero-order valence-corrected chi connectivity index (χ0v) is 17.2. The van der Waals surface area contributed by atoms with Gasteiger partial charge in [-0.2, -0.15) is 0 Å². The van der Waals surface area contributed by atoms with Crippen LogP contribution in [0.3, 0.4) is 0 Å². The molecule has 0 spiro atoms. The van der Waals surface area contributed by atoms with Crippen molar-refractivity contribution in [3.8, 4) is 0 Å². The molecule has 0 atom stereocenters. The number of H-pyrrole nitrogens is 1. The van der Waals surface area contributed by atoms with Gasteiger partial charge in [0.15, 0.2) is 5.16 Å². The van der Waals surface area contributed by atoms with E-state index in [1.807, 2.05) is 6.92 Å². The molecule has 5 heteroatoms. The molecule has 28 heavy (non-hydrogen) atoms. The summed E-state index contributed by atoms with van der Waals surface area (Å²) in [5.74, 6) is 0.790. The molecule has 1 aliphatic heterocycles. The minimum Gasteiger partial charge on any atom is -0.365 e. The lowest BCUT2D eigenvalue weighted by atomic mass is 10.0. The molecule has 1 N–H and O–H groups in total. The molecule has 4 nitrogen and oxygen atoms in total. The highest BCUT2D eigenvalue weighted by Gasteiger charge is 2.19. The summed E-state index contributed by atoms with van der Waals surface area (Å²) in [4.78, 5) is 22.6. The number of nitrogens with one attached hydrogen (secondary N) is 1. The molecule has 0 saturated heterocycles. The summed E-state index contributed by atoms with van der Waals surface area (Å²) in [6.45, 7) is 5.62. The van der Waals surface area contributed by atoms with E-state index in [2.05, 4.69) is 65.3 Å². The van der Waals surface area contributed by atoms with Gasteiger partial charge in [0.2, 0.25) is 0 Å². The SMILES string of the molecule is Cc1ccc(CSc2nc(CN3CCCc4ccccc43)c(C)c(=O)[nH]2)cc1. The Morgan fingerprint density at radius 2 is 1.89 bits per heavy atom. The number of thioether (sulfide) groups is 1. The van der Waals surface area contributed by atoms with E-state index in [4.69, 9.17) is 4.98 Å². The van der Waals surface area contributed by atoms with Gasteiger partial charge in [-0.25, -0.2) is 4.98 Å². The van der Waals surface area contributed by atoms with E-state index in [-0.39, 0.29) is 5.56 Å². The van der Waals surface area contributed by atoms with Crippen molar-refractivity contribution in [1.82, 2.24) is 9.97 Å². The zero-order chi connectivity index (χ0) is 19.5. The van der Waals surface area contributed by atoms with Gasteiger partial charge < -0.3 is 9.88 Å². The monoisotopic (exact) mass is 391 g/mol. The molecular formula is C23H25N3OS. The van der Waals surface area contributed by atoms with E-state index in [9.17, 15) is 4.79 Å². The van der Waals surface area contributed by atoms with Crippen LogP contribution in [0.5, 0.6) is 0 Å². The average Bonchev–Trinajstić information content (AvgIpc) is 2.71. The molecule has 1 aliphatic rings. The number of aromatic amines is 1. The molecule has 2 aromatic carbocycles. The highest BCUT2D eigenvalue weighted by molar-refractivity contribution is 7.98. The predicted octanol–water partition coefficient (Wildman–Crippen LogP) is 4.63. The summed E-state index contributed by atoms with van der Waals surface area (Å²) in [6.07, 6.45) is 2.25. The fourth-order valence-electron chi connectivity index (χ4n) is 3.57. The standard InChI is InChI=1S/C23H25N3OS/c1-16-9-11-18(12-10-16)15-28-23-24-20(17(2)22(27)25-23)14-26-13-5-7-19-6-3-4-8-21(19)26/h3-4,6,8-12H,5,7,13-15H2,1-2H3,(H,24,25,27). The van der Waals surface area contributed by atoms with Crippen LogP contribution in [0.15, 0.2) is 58.5 Å². The Labute approximate surface area is 170 Å². The van der Waals surface area contributed by atoms with Crippen molar-refractivity contribution in [2.45, 2.75) is 44.1 Å². The van der Waals surface area contributed by atoms with Gasteiger partial charge in [0, 0.05) is 23.5 Å². The quantitative estimate of drug-likeness (QED) is 0.509. The molecular weight excluding hydrogens is 366 g/mol. The van der Waals surface area contributed by atoms with Gasteiger partial charge in [-0.3, -0.25) is 4.79 Å². The minimum absolute atomic E-state index is 0.0401. The van der Waals surface area contributed by atoms with Crippen molar-refractivity contribution in [2.24, 2.45) is 0 Å². The first-order valence-corrected chi connectivity index (χ1v) is 10.7. The van der Waals surface area contributed by atoms with Crippen molar-refractivity contribution in [1.29, 1.82) is 0 Å². The first-order chi connectivity index (χ1) is 13.6. The Balaban J connectivity index is 1.54. The lowest BCUT2D eigenvalue weighted by molar-refractivity contribution is 0.673. The smallest absolute Gasteiger partial charge is 0.254 e. The summed E-state index contributed by atoms with van der Waals surface area (Å²) in [5.41, 5.74) is 6.66. The van der Waals surface area contributed by atoms with Crippen molar-refractivity contribution >= 4 is 17.4 Å². The number of aryl methyl sites for hydroxylation is 2. The predicted molar refractivity (Wildman–Crippen MR) is 116 cm³/mol. The fraction of sp³-hybridized carbons (Fsp3) is 0.304. The lowest BCUT2D eigenvalue weighted by Gasteiger charge is -2.31. The third kappa shape index (κ3) is 4.14. The molecule has 3 aromatic rings. The maximum Gasteiger partial charge on any atom is 0.254 e. The molecule has 0 saturated carbocycles. The first-order valence-electron chi connectivity index (χ1n) is 9.71. The zero-order valence-electron chi connectivity index (χ0n) is 16.4. The van der Waals surface area contributed by atoms with E-state index >= 15 is 0 Å². The minimum atomic E-state index is -0.0401. The number of hydrogen-bond donors (Lipinski definition) is 1. The van der Waals surface area contributed by atoms with E-state index in [0.717, 1.165) is 30.8 Å². The molecule has 0 unspecified atom stereocenters. The van der Waals surface area contributed by atoms with Gasteiger partial charge >= 0.3 is 0 Å². The van der Waals surface area contributed by atoms with Crippen molar-refractivity contribution in [2.75, 3.05) is 11.4 Å². The summed E-state index contributed by atoms with van der Waals surface area (Å²) in [6, 6.07) is 17.0. The van der Waals surface area contributed by atoms with Crippen molar-refractivity contribution in [3.63, 3.8) is 0 Å². The fourth-order valence-corrected chi connectivity index (χ4v) is 4.41. The number of aromatic nitrogens is 2. The number of hydrogen-bond acceptors (Lipinski definition) is 4. The lowest BCUT2D eigenvalue weighted by Crippen LogP contribution is -2.30. The Morgan fingerprint density at radius 3 is 2.71 bits per heavy atom. The molecule has 0 fully saturated rings. The van der Waals surface area contributed by atoms with Crippen molar-refractivity contribution in [3.05, 3.63) is 86.8 Å². The molecule has 0 radical (unpaired) electrons. The molecule has 0 bridgehead atoms. The van der Waals surface area contributed by atoms with Gasteiger partial charge in [0.25, 0.3) is 5.56 Å². The summed E-state index contributed by atoms with van der Waals surface area (Å²) in [7, 11) is 0. The summed E-state index contributed by atoms with van der Waals surface area (Å²) in [5, 5.41) is 0.691. The van der Waals surface area contributed by atoms with Crippen LogP contribution in [0.4, 0.5) is 5.69 Å². The second-order valence-corrected chi connectivity index (χ2v) is 8.33. The van der Waals surface area contributed by atoms with E-state index in [0.29, 0.717) is 17.3 Å². The Morgan fingerprint density at radius 1 is 1.11 bits per heavy atom. The van der Waals surface area contributed by atoms with Gasteiger partial charge in [-0.1, -0.05) is 59.8 Å². The Hall–Kier alpha value is -2.53. The number of nitrogens with zero attached hydrogens (tertiary/aromatic N) is 2. The molecule has 1 aromatic heterocycles. The third-order valence-electron chi connectivity index (χ3n) is 5.27. The second kappa shape index (κ2) is 8.23. The summed E-state index contributed by atoms with van der Waals surface area (Å²) >= 11 is 1.58. The van der Waals surface area contributed by atoms with Gasteiger partial charge in [-0.15, -0.1) is 0 Å². The largest absolute Gasteiger partial charge is 0.365 e. The molecule has 144 valence electrons. The van der Waals surface area contributed by atoms with E-state index in [1.165, 1.54) is 22.4 Å². The molecule has 4 rings (SSSR count). The topological polar surface area (TPSA) is 49.0 Å².